The molecule has 4 nitrogen and oxygen atoms in total. The Balaban J connectivity index is 3.02. The minimum absolute atomic E-state index is 0.136. The molecule has 0 radical (unpaired) electrons. The van der Waals surface area contributed by atoms with Gasteiger partial charge in [0.1, 0.15) is 11.6 Å². The van der Waals surface area contributed by atoms with Gasteiger partial charge in [-0.1, -0.05) is 5.92 Å². The van der Waals surface area contributed by atoms with Crippen molar-refractivity contribution < 1.29 is 18.0 Å². The molecule has 0 aromatic carbocycles. The number of anilines is 1. The zero-order valence-electron chi connectivity index (χ0n) is 11.9. The Bertz CT molecular complexity index is 574. The van der Waals surface area contributed by atoms with Crippen LogP contribution in [0.25, 0.3) is 0 Å². The second kappa shape index (κ2) is 6.04. The van der Waals surface area contributed by atoms with Gasteiger partial charge in [0.15, 0.2) is 0 Å². The van der Waals surface area contributed by atoms with Gasteiger partial charge in [-0.15, -0.1) is 6.42 Å². The summed E-state index contributed by atoms with van der Waals surface area (Å²) in [6, 6.07) is 0.908. The monoisotopic (exact) mass is 299 g/mol. The van der Waals surface area contributed by atoms with Crippen molar-refractivity contribution in [3.05, 3.63) is 23.6 Å². The van der Waals surface area contributed by atoms with Crippen LogP contribution in [0.3, 0.4) is 0 Å². The first-order chi connectivity index (χ1) is 9.54. The molecule has 0 saturated heterocycles. The second-order valence-corrected chi connectivity index (χ2v) is 5.20. The van der Waals surface area contributed by atoms with E-state index in [9.17, 15) is 18.0 Å². The van der Waals surface area contributed by atoms with Crippen LogP contribution < -0.4 is 10.6 Å². The molecule has 1 rings (SSSR count). The van der Waals surface area contributed by atoms with Crippen LogP contribution in [0.15, 0.2) is 12.3 Å². The Morgan fingerprint density at radius 3 is 2.57 bits per heavy atom. The molecular formula is C14H16F3N3O. The first-order valence-corrected chi connectivity index (χ1v) is 6.11. The summed E-state index contributed by atoms with van der Waals surface area (Å²) in [5, 5.41) is 4.80. The number of hydrogen-bond acceptors (Lipinski definition) is 3. The van der Waals surface area contributed by atoms with Gasteiger partial charge in [-0.05, 0) is 19.9 Å². The van der Waals surface area contributed by atoms with E-state index < -0.39 is 29.7 Å². The Kier molecular flexibility index (Phi) is 4.84. The predicted molar refractivity (Wildman–Crippen MR) is 73.7 cm³/mol. The molecule has 0 spiro atoms. The van der Waals surface area contributed by atoms with Crippen LogP contribution in [0.4, 0.5) is 19.0 Å². The molecule has 0 aliphatic heterocycles. The van der Waals surface area contributed by atoms with Crippen LogP contribution in [0.2, 0.25) is 0 Å². The molecule has 1 heterocycles. The number of halogens is 3. The number of aromatic nitrogens is 1. The van der Waals surface area contributed by atoms with Crippen molar-refractivity contribution in [3.63, 3.8) is 0 Å². The van der Waals surface area contributed by atoms with Crippen molar-refractivity contribution in [3.8, 4) is 12.3 Å². The second-order valence-electron chi connectivity index (χ2n) is 5.20. The molecule has 114 valence electrons. The number of hydrogen-bond donors (Lipinski definition) is 2. The van der Waals surface area contributed by atoms with Gasteiger partial charge in [0.2, 0.25) is 0 Å². The lowest BCUT2D eigenvalue weighted by atomic mass is 10.1. The number of nitrogens with one attached hydrogen (secondary N) is 2. The lowest BCUT2D eigenvalue weighted by Crippen LogP contribution is -2.42. The number of carbonyl (C=O) groups is 1. The van der Waals surface area contributed by atoms with Crippen LogP contribution in [0.5, 0.6) is 0 Å². The summed E-state index contributed by atoms with van der Waals surface area (Å²) in [7, 11) is 0. The molecule has 2 N–H and O–H groups in total. The lowest BCUT2D eigenvalue weighted by molar-refractivity contribution is 0.0366. The highest BCUT2D eigenvalue weighted by atomic mass is 19.3. The summed E-state index contributed by atoms with van der Waals surface area (Å²) >= 11 is 0. The Morgan fingerprint density at radius 2 is 2.05 bits per heavy atom. The summed E-state index contributed by atoms with van der Waals surface area (Å²) in [6.07, 6.45) is 6.08. The van der Waals surface area contributed by atoms with E-state index in [4.69, 9.17) is 6.42 Å². The summed E-state index contributed by atoms with van der Waals surface area (Å²) in [6.45, 7) is 3.13. The zero-order valence-corrected chi connectivity index (χ0v) is 11.9. The smallest absolute Gasteiger partial charge is 0.262 e. The minimum atomic E-state index is -3.00. The van der Waals surface area contributed by atoms with Gasteiger partial charge in [-0.2, -0.15) is 0 Å². The zero-order chi connectivity index (χ0) is 16.3. The molecule has 0 fully saturated rings. The molecule has 0 aliphatic carbocycles. The maximum absolute atomic E-state index is 13.2. The number of nitrogens with zero attached hydrogens (tertiary/aromatic N) is 1. The average Bonchev–Trinajstić information content (AvgIpc) is 2.35. The van der Waals surface area contributed by atoms with E-state index in [2.05, 4.69) is 21.5 Å². The van der Waals surface area contributed by atoms with E-state index in [1.807, 2.05) is 0 Å². The Labute approximate surface area is 121 Å². The van der Waals surface area contributed by atoms with Gasteiger partial charge in [0, 0.05) is 6.92 Å². The minimum Gasteiger partial charge on any atom is -0.363 e. The van der Waals surface area contributed by atoms with Gasteiger partial charge in [-0.3, -0.25) is 4.79 Å². The summed E-state index contributed by atoms with van der Waals surface area (Å²) < 4.78 is 38.9. The fraction of sp³-hybridized carbons (Fsp3) is 0.429. The molecule has 0 saturated carbocycles. The number of carbonyl (C=O) groups excluding carboxylic acids is 1. The first-order valence-electron chi connectivity index (χ1n) is 6.11. The molecule has 0 aliphatic rings. The molecule has 0 unspecified atom stereocenters. The molecule has 21 heavy (non-hydrogen) atoms. The van der Waals surface area contributed by atoms with Crippen LogP contribution in [0.1, 0.15) is 31.1 Å². The number of rotatable bonds is 5. The molecule has 1 amide bonds. The maximum Gasteiger partial charge on any atom is 0.262 e. The first kappa shape index (κ1) is 16.8. The van der Waals surface area contributed by atoms with E-state index in [-0.39, 0.29) is 11.4 Å². The van der Waals surface area contributed by atoms with E-state index in [1.165, 1.54) is 0 Å². The fourth-order valence-corrected chi connectivity index (χ4v) is 1.38. The molecule has 0 bridgehead atoms. The third-order valence-corrected chi connectivity index (χ3v) is 2.45. The molecule has 1 aromatic heterocycles. The standard InChI is InChI=1S/C14H16F3N3O/c1-5-13(2,3)20-12(21)10-6-9(15)7-18-11(10)19-8-14(4,16)17/h1,6-7H,8H2,2-4H3,(H,18,19)(H,20,21). The van der Waals surface area contributed by atoms with Crippen LogP contribution in [-0.4, -0.2) is 28.9 Å². The SMILES string of the molecule is C#CC(C)(C)NC(=O)c1cc(F)cnc1NCC(C)(F)F. The van der Waals surface area contributed by atoms with Gasteiger partial charge in [-0.25, -0.2) is 18.2 Å². The molecule has 7 heteroatoms. The number of amides is 1. The summed E-state index contributed by atoms with van der Waals surface area (Å²) in [4.78, 5) is 15.7. The van der Waals surface area contributed by atoms with Crippen molar-refractivity contribution >= 4 is 11.7 Å². The topological polar surface area (TPSA) is 54.0 Å². The predicted octanol–water partition coefficient (Wildman–Crippen LogP) is 2.43. The number of terminal acetylenes is 1. The third-order valence-electron chi connectivity index (χ3n) is 2.45. The van der Waals surface area contributed by atoms with E-state index in [0.717, 1.165) is 12.3 Å². The van der Waals surface area contributed by atoms with Crippen molar-refractivity contribution in [1.82, 2.24) is 10.3 Å². The van der Waals surface area contributed by atoms with Crippen LogP contribution >= 0.6 is 0 Å². The van der Waals surface area contributed by atoms with Crippen molar-refractivity contribution in [2.75, 3.05) is 11.9 Å². The number of pyridine rings is 1. The van der Waals surface area contributed by atoms with Gasteiger partial charge >= 0.3 is 0 Å². The van der Waals surface area contributed by atoms with E-state index in [1.54, 1.807) is 13.8 Å². The summed E-state index contributed by atoms with van der Waals surface area (Å²) in [5.41, 5.74) is -1.15. The highest BCUT2D eigenvalue weighted by Gasteiger charge is 2.24. The number of alkyl halides is 2. The fourth-order valence-electron chi connectivity index (χ4n) is 1.38. The van der Waals surface area contributed by atoms with Gasteiger partial charge < -0.3 is 10.6 Å². The van der Waals surface area contributed by atoms with Gasteiger partial charge in [0.05, 0.1) is 23.8 Å². The van der Waals surface area contributed by atoms with Crippen LogP contribution in [-0.2, 0) is 0 Å². The quantitative estimate of drug-likeness (QED) is 0.821. The maximum atomic E-state index is 13.2. The van der Waals surface area contributed by atoms with E-state index >= 15 is 0 Å². The molecule has 0 atom stereocenters. The Hall–Kier alpha value is -2.23. The Morgan fingerprint density at radius 1 is 1.43 bits per heavy atom. The third kappa shape index (κ3) is 5.34. The van der Waals surface area contributed by atoms with Gasteiger partial charge in [0.25, 0.3) is 11.8 Å². The average molecular weight is 299 g/mol. The largest absolute Gasteiger partial charge is 0.363 e. The van der Waals surface area contributed by atoms with E-state index in [0.29, 0.717) is 6.92 Å². The molecular weight excluding hydrogens is 283 g/mol. The lowest BCUT2D eigenvalue weighted by Gasteiger charge is -2.21. The van der Waals surface area contributed by atoms with Crippen molar-refractivity contribution in [1.29, 1.82) is 0 Å². The van der Waals surface area contributed by atoms with Crippen molar-refractivity contribution in [2.45, 2.75) is 32.2 Å². The highest BCUT2D eigenvalue weighted by Crippen LogP contribution is 2.18. The summed E-state index contributed by atoms with van der Waals surface area (Å²) in [5.74, 6) is -2.25. The normalized spacial score (nSPS) is 11.7. The van der Waals surface area contributed by atoms with Crippen LogP contribution in [0, 0.1) is 18.2 Å². The van der Waals surface area contributed by atoms with Crippen molar-refractivity contribution in [2.24, 2.45) is 0 Å². The highest BCUT2D eigenvalue weighted by molar-refractivity contribution is 5.99. The molecule has 1 aromatic rings.